The third kappa shape index (κ3) is 4.04. The summed E-state index contributed by atoms with van der Waals surface area (Å²) in [6, 6.07) is 1.40. The highest BCUT2D eigenvalue weighted by molar-refractivity contribution is 5.97. The number of aliphatic carboxylic acids is 1. The van der Waals surface area contributed by atoms with Crippen molar-refractivity contribution in [1.82, 2.24) is 10.3 Å². The largest absolute Gasteiger partial charge is 0.505 e. The fourth-order valence-electron chi connectivity index (χ4n) is 1.43. The number of amides is 1. The van der Waals surface area contributed by atoms with E-state index < -0.39 is 17.4 Å². The fraction of sp³-hybridized carbons (Fsp3) is 0.417. The molecule has 0 saturated carbocycles. The predicted molar refractivity (Wildman–Crippen MR) is 64.3 cm³/mol. The molecule has 1 aromatic rings. The lowest BCUT2D eigenvalue weighted by atomic mass is 9.98. The molecule has 0 aromatic carbocycles. The van der Waals surface area contributed by atoms with Gasteiger partial charge in [0.15, 0.2) is 0 Å². The van der Waals surface area contributed by atoms with Crippen LogP contribution in [0.25, 0.3) is 0 Å². The molecule has 98 valence electrons. The number of rotatable bonds is 5. The number of hydrogen-bond acceptors (Lipinski definition) is 4. The summed E-state index contributed by atoms with van der Waals surface area (Å²) in [7, 11) is 0. The van der Waals surface area contributed by atoms with Crippen molar-refractivity contribution in [2.75, 3.05) is 0 Å². The Kier molecular flexibility index (Phi) is 4.25. The van der Waals surface area contributed by atoms with Crippen molar-refractivity contribution in [3.8, 4) is 5.75 Å². The molecule has 6 heteroatoms. The smallest absolute Gasteiger partial charge is 0.303 e. The second-order valence-corrected chi connectivity index (χ2v) is 4.62. The number of carboxylic acid groups (broad SMARTS) is 1. The van der Waals surface area contributed by atoms with Crippen LogP contribution >= 0.6 is 0 Å². The van der Waals surface area contributed by atoms with Crippen molar-refractivity contribution in [3.05, 3.63) is 24.0 Å². The zero-order valence-electron chi connectivity index (χ0n) is 10.3. The van der Waals surface area contributed by atoms with Crippen LogP contribution in [-0.4, -0.2) is 32.6 Å². The molecule has 0 aliphatic heterocycles. The number of pyridine rings is 1. The molecule has 3 N–H and O–H groups in total. The Bertz CT molecular complexity index is 457. The number of nitrogens with one attached hydrogen (secondary N) is 1. The quantitative estimate of drug-likeness (QED) is 0.730. The topological polar surface area (TPSA) is 99.5 Å². The lowest BCUT2D eigenvalue weighted by Gasteiger charge is -2.25. The first-order valence-electron chi connectivity index (χ1n) is 5.49. The fourth-order valence-corrected chi connectivity index (χ4v) is 1.43. The van der Waals surface area contributed by atoms with Crippen molar-refractivity contribution in [3.63, 3.8) is 0 Å². The van der Waals surface area contributed by atoms with Crippen LogP contribution in [-0.2, 0) is 4.79 Å². The van der Waals surface area contributed by atoms with Crippen molar-refractivity contribution in [2.45, 2.75) is 32.2 Å². The predicted octanol–water partition coefficient (Wildman–Crippen LogP) is 1.16. The number of carboxylic acids is 1. The lowest BCUT2D eigenvalue weighted by Crippen LogP contribution is -2.43. The minimum Gasteiger partial charge on any atom is -0.505 e. The van der Waals surface area contributed by atoms with Gasteiger partial charge in [-0.2, -0.15) is 0 Å². The molecule has 6 nitrogen and oxygen atoms in total. The van der Waals surface area contributed by atoms with Gasteiger partial charge in [-0.1, -0.05) is 0 Å². The zero-order valence-corrected chi connectivity index (χ0v) is 10.3. The van der Waals surface area contributed by atoms with Gasteiger partial charge in [0.05, 0.1) is 11.8 Å². The van der Waals surface area contributed by atoms with Crippen LogP contribution in [0, 0.1) is 0 Å². The summed E-state index contributed by atoms with van der Waals surface area (Å²) in [5.74, 6) is -1.57. The molecule has 0 atom stereocenters. The van der Waals surface area contributed by atoms with Gasteiger partial charge in [-0.15, -0.1) is 0 Å². The van der Waals surface area contributed by atoms with E-state index in [2.05, 4.69) is 10.3 Å². The van der Waals surface area contributed by atoms with Gasteiger partial charge in [0.2, 0.25) is 0 Å². The van der Waals surface area contributed by atoms with E-state index in [1.807, 2.05) is 0 Å². The van der Waals surface area contributed by atoms with Crippen LogP contribution in [0.5, 0.6) is 5.75 Å². The Labute approximate surface area is 105 Å². The molecule has 0 bridgehead atoms. The molecule has 0 fully saturated rings. The Balaban J connectivity index is 2.69. The number of hydrogen-bond donors (Lipinski definition) is 3. The third-order valence-corrected chi connectivity index (χ3v) is 2.46. The van der Waals surface area contributed by atoms with E-state index in [9.17, 15) is 14.7 Å². The van der Waals surface area contributed by atoms with E-state index in [0.29, 0.717) is 6.42 Å². The normalized spacial score (nSPS) is 11.0. The van der Waals surface area contributed by atoms with E-state index in [0.717, 1.165) is 0 Å². The van der Waals surface area contributed by atoms with Crippen LogP contribution in [0.3, 0.4) is 0 Å². The van der Waals surface area contributed by atoms with Gasteiger partial charge in [0.25, 0.3) is 5.91 Å². The van der Waals surface area contributed by atoms with Crippen LogP contribution in [0.15, 0.2) is 18.5 Å². The Morgan fingerprint density at radius 1 is 1.44 bits per heavy atom. The highest BCUT2D eigenvalue weighted by Crippen LogP contribution is 2.17. The van der Waals surface area contributed by atoms with Gasteiger partial charge in [-0.3, -0.25) is 14.6 Å². The molecule has 0 unspecified atom stereocenters. The van der Waals surface area contributed by atoms with E-state index >= 15 is 0 Å². The molecule has 18 heavy (non-hydrogen) atoms. The monoisotopic (exact) mass is 252 g/mol. The first-order chi connectivity index (χ1) is 8.32. The summed E-state index contributed by atoms with van der Waals surface area (Å²) in [6.07, 6.45) is 2.85. The average molecular weight is 252 g/mol. The van der Waals surface area contributed by atoms with Gasteiger partial charge in [0.1, 0.15) is 5.75 Å². The average Bonchev–Trinajstić information content (AvgIpc) is 2.26. The lowest BCUT2D eigenvalue weighted by molar-refractivity contribution is -0.137. The van der Waals surface area contributed by atoms with Crippen LogP contribution in [0.1, 0.15) is 37.0 Å². The Morgan fingerprint density at radius 3 is 2.67 bits per heavy atom. The summed E-state index contributed by atoms with van der Waals surface area (Å²) >= 11 is 0. The van der Waals surface area contributed by atoms with Crippen LogP contribution in [0.2, 0.25) is 0 Å². The first kappa shape index (κ1) is 14.0. The molecular formula is C12H16N2O4. The number of nitrogens with zero attached hydrogens (tertiary/aromatic N) is 1. The molecule has 1 amide bonds. The second kappa shape index (κ2) is 5.48. The molecule has 0 radical (unpaired) electrons. The van der Waals surface area contributed by atoms with E-state index in [1.165, 1.54) is 18.5 Å². The van der Waals surface area contributed by atoms with Gasteiger partial charge >= 0.3 is 5.97 Å². The van der Waals surface area contributed by atoms with Crippen LogP contribution in [0.4, 0.5) is 0 Å². The SMILES string of the molecule is CC(C)(CCC(=O)O)NC(=O)c1ccncc1O. The van der Waals surface area contributed by atoms with Gasteiger partial charge in [-0.25, -0.2) is 0 Å². The minimum atomic E-state index is -0.913. The van der Waals surface area contributed by atoms with Crippen molar-refractivity contribution >= 4 is 11.9 Å². The van der Waals surface area contributed by atoms with E-state index in [-0.39, 0.29) is 17.7 Å². The summed E-state index contributed by atoms with van der Waals surface area (Å²) in [5, 5.41) is 20.8. The summed E-state index contributed by atoms with van der Waals surface area (Å²) in [4.78, 5) is 26.0. The maximum Gasteiger partial charge on any atom is 0.303 e. The highest BCUT2D eigenvalue weighted by atomic mass is 16.4. The third-order valence-electron chi connectivity index (χ3n) is 2.46. The maximum absolute atomic E-state index is 11.9. The summed E-state index contributed by atoms with van der Waals surface area (Å²) in [6.45, 7) is 3.46. The second-order valence-electron chi connectivity index (χ2n) is 4.62. The Morgan fingerprint density at radius 2 is 2.11 bits per heavy atom. The first-order valence-corrected chi connectivity index (χ1v) is 5.49. The van der Waals surface area contributed by atoms with Crippen molar-refractivity contribution in [2.24, 2.45) is 0 Å². The van der Waals surface area contributed by atoms with Crippen LogP contribution < -0.4 is 5.32 Å². The van der Waals surface area contributed by atoms with Crippen molar-refractivity contribution in [1.29, 1.82) is 0 Å². The standard InChI is InChI=1S/C12H16N2O4/c1-12(2,5-3-10(16)17)14-11(18)8-4-6-13-7-9(8)15/h4,6-7,15H,3,5H2,1-2H3,(H,14,18)(H,16,17). The van der Waals surface area contributed by atoms with E-state index in [1.54, 1.807) is 13.8 Å². The maximum atomic E-state index is 11.9. The zero-order chi connectivity index (χ0) is 13.8. The van der Waals surface area contributed by atoms with Crippen molar-refractivity contribution < 1.29 is 19.8 Å². The van der Waals surface area contributed by atoms with Gasteiger partial charge in [0, 0.05) is 18.2 Å². The number of carbonyl (C=O) groups excluding carboxylic acids is 1. The molecule has 0 aliphatic carbocycles. The Hall–Kier alpha value is -2.11. The summed E-state index contributed by atoms with van der Waals surface area (Å²) < 4.78 is 0. The van der Waals surface area contributed by atoms with Gasteiger partial charge < -0.3 is 15.5 Å². The van der Waals surface area contributed by atoms with Gasteiger partial charge in [-0.05, 0) is 26.3 Å². The summed E-state index contributed by atoms with van der Waals surface area (Å²) in [5.41, 5.74) is -0.543. The minimum absolute atomic E-state index is 0.0321. The number of aromatic hydroxyl groups is 1. The molecule has 1 rings (SSSR count). The van der Waals surface area contributed by atoms with E-state index in [4.69, 9.17) is 5.11 Å². The highest BCUT2D eigenvalue weighted by Gasteiger charge is 2.23. The molecule has 1 heterocycles. The molecule has 0 saturated heterocycles. The molecule has 0 aliphatic rings. The molecule has 1 aromatic heterocycles. The number of carbonyl (C=O) groups is 2. The molecular weight excluding hydrogens is 236 g/mol. The number of aromatic nitrogens is 1. The molecule has 0 spiro atoms.